The van der Waals surface area contributed by atoms with Crippen LogP contribution in [-0.4, -0.2) is 28.6 Å². The monoisotopic (exact) mass is 260 g/mol. The van der Waals surface area contributed by atoms with Gasteiger partial charge in [0.1, 0.15) is 0 Å². The van der Waals surface area contributed by atoms with Gasteiger partial charge in [-0.05, 0) is 40.5 Å². The maximum Gasteiger partial charge on any atom is 0.503 e. The maximum atomic E-state index is 5.87. The van der Waals surface area contributed by atoms with Crippen LogP contribution in [0.4, 0.5) is 0 Å². The summed E-state index contributed by atoms with van der Waals surface area (Å²) in [5, 5.41) is 0. The van der Waals surface area contributed by atoms with E-state index in [-0.39, 0.29) is 0 Å². The summed E-state index contributed by atoms with van der Waals surface area (Å²) in [5.41, 5.74) is 0.346. The second-order valence-electron chi connectivity index (χ2n) is 3.95. The number of allylic oxidation sites excluding steroid dienone is 2. The Bertz CT molecular complexity index is 190. The molecule has 17 heavy (non-hydrogen) atoms. The van der Waals surface area contributed by atoms with Crippen molar-refractivity contribution in [2.24, 2.45) is 0 Å². The Labute approximate surface area is 108 Å². The van der Waals surface area contributed by atoms with E-state index in [9.17, 15) is 0 Å². The van der Waals surface area contributed by atoms with Gasteiger partial charge in [-0.1, -0.05) is 19.1 Å². The van der Waals surface area contributed by atoms with Crippen molar-refractivity contribution in [1.82, 2.24) is 0 Å². The molecule has 1 unspecified atom stereocenters. The van der Waals surface area contributed by atoms with Gasteiger partial charge in [0.2, 0.25) is 0 Å². The normalized spacial score (nSPS) is 14.4. The van der Waals surface area contributed by atoms with E-state index in [1.54, 1.807) is 0 Å². The molecule has 0 spiro atoms. The first-order valence-electron chi connectivity index (χ1n) is 6.69. The van der Waals surface area contributed by atoms with Crippen LogP contribution in [-0.2, 0) is 13.3 Å². The highest BCUT2D eigenvalue weighted by molar-refractivity contribution is 6.62. The average Bonchev–Trinajstić information content (AvgIpc) is 2.30. The van der Waals surface area contributed by atoms with E-state index in [1.807, 2.05) is 27.7 Å². The quantitative estimate of drug-likeness (QED) is 0.442. The number of hydrogen-bond acceptors (Lipinski definition) is 3. The lowest BCUT2D eigenvalue weighted by Crippen LogP contribution is -2.49. The zero-order chi connectivity index (χ0) is 13.1. The van der Waals surface area contributed by atoms with Crippen LogP contribution in [0.15, 0.2) is 12.2 Å². The van der Waals surface area contributed by atoms with Gasteiger partial charge >= 0.3 is 8.80 Å². The fraction of sp³-hybridized carbons (Fsp3) is 0.846. The highest BCUT2D eigenvalue weighted by Gasteiger charge is 2.46. The molecule has 0 aliphatic heterocycles. The molecule has 3 nitrogen and oxygen atoms in total. The lowest BCUT2D eigenvalue weighted by Gasteiger charge is -2.33. The molecule has 0 aliphatic carbocycles. The van der Waals surface area contributed by atoms with E-state index in [1.165, 1.54) is 0 Å². The van der Waals surface area contributed by atoms with Crippen LogP contribution >= 0.6 is 0 Å². The average molecular weight is 260 g/mol. The summed E-state index contributed by atoms with van der Waals surface area (Å²) in [7, 11) is -2.48. The van der Waals surface area contributed by atoms with Gasteiger partial charge in [0.15, 0.2) is 0 Å². The smallest absolute Gasteiger partial charge is 0.374 e. The SMILES string of the molecule is C/C=C/CCC(C)[Si](OCC)(OCC)OCC. The molecular formula is C13H28O3Si. The van der Waals surface area contributed by atoms with Crippen molar-refractivity contribution in [1.29, 1.82) is 0 Å². The van der Waals surface area contributed by atoms with E-state index in [2.05, 4.69) is 19.1 Å². The van der Waals surface area contributed by atoms with Crippen molar-refractivity contribution in [2.75, 3.05) is 19.8 Å². The maximum absolute atomic E-state index is 5.87. The van der Waals surface area contributed by atoms with Crippen LogP contribution in [0.3, 0.4) is 0 Å². The zero-order valence-corrected chi connectivity index (χ0v) is 13.0. The summed E-state index contributed by atoms with van der Waals surface area (Å²) in [5.74, 6) is 0. The van der Waals surface area contributed by atoms with Crippen molar-refractivity contribution in [3.63, 3.8) is 0 Å². The van der Waals surface area contributed by atoms with Gasteiger partial charge < -0.3 is 13.3 Å². The second kappa shape index (κ2) is 9.83. The Kier molecular flexibility index (Phi) is 9.73. The molecular weight excluding hydrogens is 232 g/mol. The van der Waals surface area contributed by atoms with Crippen LogP contribution in [0.2, 0.25) is 5.54 Å². The summed E-state index contributed by atoms with van der Waals surface area (Å²) in [6.07, 6.45) is 6.37. The molecule has 0 aromatic heterocycles. The Hall–Kier alpha value is -0.163. The second-order valence-corrected chi connectivity index (χ2v) is 7.01. The van der Waals surface area contributed by atoms with Crippen LogP contribution in [0, 0.1) is 0 Å². The molecule has 0 aliphatic rings. The standard InChI is InChI=1S/C13H28O3Si/c1-6-10-11-12-13(5)17(14-7-2,15-8-3)16-9-4/h6,10,13H,7-9,11-12H2,1-5H3/b10-6+. The van der Waals surface area contributed by atoms with E-state index in [0.717, 1.165) is 12.8 Å². The topological polar surface area (TPSA) is 27.7 Å². The predicted octanol–water partition coefficient (Wildman–Crippen LogP) is 3.78. The molecule has 0 fully saturated rings. The largest absolute Gasteiger partial charge is 0.503 e. The van der Waals surface area contributed by atoms with Crippen LogP contribution in [0.1, 0.15) is 47.5 Å². The van der Waals surface area contributed by atoms with E-state index in [0.29, 0.717) is 25.4 Å². The molecule has 0 heterocycles. The molecule has 0 radical (unpaired) electrons. The van der Waals surface area contributed by atoms with Crippen molar-refractivity contribution in [3.05, 3.63) is 12.2 Å². The zero-order valence-electron chi connectivity index (χ0n) is 12.0. The molecule has 0 rings (SSSR count). The molecule has 102 valence electrons. The third kappa shape index (κ3) is 5.81. The molecule has 0 amide bonds. The minimum Gasteiger partial charge on any atom is -0.374 e. The first-order valence-corrected chi connectivity index (χ1v) is 8.50. The van der Waals surface area contributed by atoms with Crippen molar-refractivity contribution < 1.29 is 13.3 Å². The van der Waals surface area contributed by atoms with Gasteiger partial charge in [0.05, 0.1) is 0 Å². The van der Waals surface area contributed by atoms with E-state index >= 15 is 0 Å². The minimum absolute atomic E-state index is 0.346. The van der Waals surface area contributed by atoms with Gasteiger partial charge in [0, 0.05) is 25.4 Å². The molecule has 0 N–H and O–H groups in total. The van der Waals surface area contributed by atoms with Gasteiger partial charge in [-0.3, -0.25) is 0 Å². The summed E-state index contributed by atoms with van der Waals surface area (Å²) in [6, 6.07) is 0. The van der Waals surface area contributed by atoms with Gasteiger partial charge in [-0.25, -0.2) is 0 Å². The Morgan fingerprint density at radius 3 is 1.82 bits per heavy atom. The lowest BCUT2D eigenvalue weighted by molar-refractivity contribution is 0.0616. The van der Waals surface area contributed by atoms with Gasteiger partial charge in [-0.15, -0.1) is 0 Å². The molecule has 0 aromatic rings. The summed E-state index contributed by atoms with van der Waals surface area (Å²) >= 11 is 0. The Balaban J connectivity index is 4.58. The molecule has 0 saturated carbocycles. The van der Waals surface area contributed by atoms with Crippen LogP contribution in [0.25, 0.3) is 0 Å². The molecule has 0 aromatic carbocycles. The van der Waals surface area contributed by atoms with Crippen molar-refractivity contribution in [2.45, 2.75) is 53.0 Å². The number of hydrogen-bond donors (Lipinski definition) is 0. The summed E-state index contributed by atoms with van der Waals surface area (Å²) in [6.45, 7) is 12.2. The first-order chi connectivity index (χ1) is 8.16. The summed E-state index contributed by atoms with van der Waals surface area (Å²) < 4.78 is 17.6. The Morgan fingerprint density at radius 1 is 1.00 bits per heavy atom. The van der Waals surface area contributed by atoms with E-state index < -0.39 is 8.80 Å². The predicted molar refractivity (Wildman–Crippen MR) is 74.1 cm³/mol. The van der Waals surface area contributed by atoms with Crippen molar-refractivity contribution in [3.8, 4) is 0 Å². The van der Waals surface area contributed by atoms with Crippen molar-refractivity contribution >= 4 is 8.80 Å². The molecule has 1 atom stereocenters. The third-order valence-corrected chi connectivity index (χ3v) is 6.21. The van der Waals surface area contributed by atoms with Crippen LogP contribution < -0.4 is 0 Å². The molecule has 0 bridgehead atoms. The lowest BCUT2D eigenvalue weighted by atomic mass is 10.2. The molecule has 0 saturated heterocycles. The molecule has 4 heteroatoms. The highest BCUT2D eigenvalue weighted by atomic mass is 28.4. The van der Waals surface area contributed by atoms with Gasteiger partial charge in [0.25, 0.3) is 0 Å². The fourth-order valence-electron chi connectivity index (χ4n) is 1.84. The van der Waals surface area contributed by atoms with Crippen LogP contribution in [0.5, 0.6) is 0 Å². The fourth-order valence-corrected chi connectivity index (χ4v) is 4.68. The number of rotatable bonds is 10. The van der Waals surface area contributed by atoms with Gasteiger partial charge in [-0.2, -0.15) is 0 Å². The third-order valence-electron chi connectivity index (χ3n) is 2.64. The Morgan fingerprint density at radius 2 is 1.47 bits per heavy atom. The summed E-state index contributed by atoms with van der Waals surface area (Å²) in [4.78, 5) is 0. The first kappa shape index (κ1) is 16.8. The minimum atomic E-state index is -2.48. The highest BCUT2D eigenvalue weighted by Crippen LogP contribution is 2.30. The van der Waals surface area contributed by atoms with E-state index in [4.69, 9.17) is 13.3 Å².